The number of aromatic nitrogens is 2. The number of hydrogen-bond acceptors (Lipinski definition) is 5. The molecule has 2 heterocycles. The molecule has 150 valence electrons. The zero-order valence-electron chi connectivity index (χ0n) is 16.6. The number of carbonyl (C=O) groups excluding carboxylic acids is 1. The predicted molar refractivity (Wildman–Crippen MR) is 114 cm³/mol. The Bertz CT molecular complexity index is 1060. The highest BCUT2D eigenvalue weighted by Gasteiger charge is 2.13. The Morgan fingerprint density at radius 2 is 1.83 bits per heavy atom. The largest absolute Gasteiger partial charge is 0.384 e. The second kappa shape index (κ2) is 9.05. The quantitative estimate of drug-likeness (QED) is 0.572. The molecular weight excluding hydrogens is 366 g/mol. The van der Waals surface area contributed by atoms with Gasteiger partial charge in [0.25, 0.3) is 5.56 Å². The van der Waals surface area contributed by atoms with Gasteiger partial charge < -0.3 is 16.5 Å². The fourth-order valence-corrected chi connectivity index (χ4v) is 2.99. The highest BCUT2D eigenvalue weighted by Crippen LogP contribution is 2.08. The van der Waals surface area contributed by atoms with Crippen LogP contribution in [0.4, 0.5) is 5.82 Å². The number of nitrogens with two attached hydrogens (primary N) is 1. The maximum absolute atomic E-state index is 12.8. The topological polar surface area (TPSA) is 102 Å². The van der Waals surface area contributed by atoms with Gasteiger partial charge in [-0.2, -0.15) is 0 Å². The van der Waals surface area contributed by atoms with Gasteiger partial charge >= 0.3 is 0 Å². The highest BCUT2D eigenvalue weighted by molar-refractivity contribution is 5.78. The number of amides is 1. The van der Waals surface area contributed by atoms with Crippen LogP contribution in [0.3, 0.4) is 0 Å². The van der Waals surface area contributed by atoms with Gasteiger partial charge in [0.1, 0.15) is 5.82 Å². The third kappa shape index (κ3) is 5.22. The van der Waals surface area contributed by atoms with Crippen molar-refractivity contribution in [2.45, 2.75) is 33.4 Å². The van der Waals surface area contributed by atoms with Gasteiger partial charge in [0, 0.05) is 24.0 Å². The van der Waals surface area contributed by atoms with Crippen molar-refractivity contribution >= 4 is 11.7 Å². The molecule has 0 bridgehead atoms. The van der Waals surface area contributed by atoms with Crippen molar-refractivity contribution in [2.75, 3.05) is 11.2 Å². The smallest absolute Gasteiger partial charge is 0.272 e. The zero-order chi connectivity index (χ0) is 20.8. The molecule has 0 aliphatic carbocycles. The van der Waals surface area contributed by atoms with E-state index in [0.717, 1.165) is 22.4 Å². The van der Waals surface area contributed by atoms with Crippen LogP contribution in [-0.4, -0.2) is 15.6 Å². The molecule has 0 unspecified atom stereocenters. The summed E-state index contributed by atoms with van der Waals surface area (Å²) in [5.74, 6) is 0.225. The lowest BCUT2D eigenvalue weighted by Crippen LogP contribution is -2.34. The number of aryl methyl sites for hydroxylation is 2. The number of anilines is 1. The first kappa shape index (κ1) is 20.1. The van der Waals surface area contributed by atoms with Gasteiger partial charge in [-0.1, -0.05) is 36.4 Å². The number of nitrogen functional groups attached to an aromatic ring is 1. The molecule has 7 nitrogen and oxygen atoms in total. The van der Waals surface area contributed by atoms with Gasteiger partial charge in [-0.3, -0.25) is 9.59 Å². The van der Waals surface area contributed by atoms with E-state index in [4.69, 9.17) is 5.73 Å². The molecule has 29 heavy (non-hydrogen) atoms. The second-order valence-electron chi connectivity index (χ2n) is 6.91. The molecule has 7 heteroatoms. The van der Waals surface area contributed by atoms with E-state index in [0.29, 0.717) is 24.5 Å². The summed E-state index contributed by atoms with van der Waals surface area (Å²) in [4.78, 5) is 29.4. The zero-order valence-corrected chi connectivity index (χ0v) is 16.6. The van der Waals surface area contributed by atoms with E-state index < -0.39 is 0 Å². The minimum Gasteiger partial charge on any atom is -0.384 e. The summed E-state index contributed by atoms with van der Waals surface area (Å²) < 4.78 is 1.43. The summed E-state index contributed by atoms with van der Waals surface area (Å²) in [6, 6.07) is 15.2. The first-order chi connectivity index (χ1) is 13.9. The molecule has 3 rings (SSSR count). The van der Waals surface area contributed by atoms with Crippen molar-refractivity contribution in [2.24, 2.45) is 0 Å². The van der Waals surface area contributed by atoms with Gasteiger partial charge in [-0.15, -0.1) is 0 Å². The van der Waals surface area contributed by atoms with Crippen LogP contribution in [0.25, 0.3) is 0 Å². The Hall–Kier alpha value is -3.61. The fraction of sp³-hybridized carbons (Fsp3) is 0.227. The first-order valence-corrected chi connectivity index (χ1v) is 9.41. The van der Waals surface area contributed by atoms with Crippen LogP contribution >= 0.6 is 0 Å². The molecule has 0 fully saturated rings. The summed E-state index contributed by atoms with van der Waals surface area (Å²) in [5, 5.41) is 2.85. The van der Waals surface area contributed by atoms with E-state index >= 15 is 0 Å². The number of benzene rings is 1. The van der Waals surface area contributed by atoms with E-state index in [9.17, 15) is 9.59 Å². The van der Waals surface area contributed by atoms with Crippen LogP contribution in [0.15, 0.2) is 59.5 Å². The number of pyridine rings is 2. The number of nitrogens with one attached hydrogen (secondary N) is 2. The number of carbonyl (C=O) groups is 1. The van der Waals surface area contributed by atoms with Crippen molar-refractivity contribution in [1.29, 1.82) is 0 Å². The summed E-state index contributed by atoms with van der Waals surface area (Å²) in [7, 11) is 0. The maximum atomic E-state index is 12.8. The van der Waals surface area contributed by atoms with Crippen LogP contribution in [0.1, 0.15) is 27.9 Å². The van der Waals surface area contributed by atoms with Crippen molar-refractivity contribution in [3.05, 3.63) is 93.0 Å². The molecule has 0 radical (unpaired) electrons. The molecule has 0 aliphatic heterocycles. The molecule has 0 spiro atoms. The van der Waals surface area contributed by atoms with Crippen LogP contribution in [0, 0.1) is 13.8 Å². The summed E-state index contributed by atoms with van der Waals surface area (Å²) in [6.07, 6.45) is 1.70. The van der Waals surface area contributed by atoms with Crippen LogP contribution < -0.4 is 22.0 Å². The first-order valence-electron chi connectivity index (χ1n) is 9.41. The van der Waals surface area contributed by atoms with Crippen molar-refractivity contribution < 1.29 is 4.79 Å². The van der Waals surface area contributed by atoms with Gasteiger partial charge in [0.05, 0.1) is 13.0 Å². The minimum atomic E-state index is -0.221. The fourth-order valence-electron chi connectivity index (χ4n) is 2.99. The molecule has 0 atom stereocenters. The molecule has 0 saturated carbocycles. The Balaban J connectivity index is 1.66. The van der Waals surface area contributed by atoms with Gasteiger partial charge in [-0.25, -0.2) is 9.66 Å². The van der Waals surface area contributed by atoms with Crippen molar-refractivity contribution in [1.82, 2.24) is 15.0 Å². The third-order valence-corrected chi connectivity index (χ3v) is 4.75. The Morgan fingerprint density at radius 1 is 1.07 bits per heavy atom. The standard InChI is InChI=1S/C22H25N5O2/c1-15-10-11-27(25-13-17-6-4-3-5-7-17)22(29)19(15)12-21(28)24-14-18-8-9-20(23)26-16(18)2/h3-11,25H,12-14H2,1-2H3,(H2,23,26)(H,24,28). The average molecular weight is 391 g/mol. The van der Waals surface area contributed by atoms with Gasteiger partial charge in [0.15, 0.2) is 0 Å². The maximum Gasteiger partial charge on any atom is 0.272 e. The summed E-state index contributed by atoms with van der Waals surface area (Å²) >= 11 is 0. The molecular formula is C22H25N5O2. The molecule has 0 aliphatic rings. The molecule has 0 saturated heterocycles. The second-order valence-corrected chi connectivity index (χ2v) is 6.91. The van der Waals surface area contributed by atoms with Crippen molar-refractivity contribution in [3.8, 4) is 0 Å². The summed E-state index contributed by atoms with van der Waals surface area (Å²) in [5.41, 5.74) is 12.5. The minimum absolute atomic E-state index is 0.0139. The van der Waals surface area contributed by atoms with Crippen LogP contribution in [-0.2, 0) is 24.3 Å². The molecule has 1 aromatic carbocycles. The van der Waals surface area contributed by atoms with Crippen LogP contribution in [0.2, 0.25) is 0 Å². The Morgan fingerprint density at radius 3 is 2.55 bits per heavy atom. The van der Waals surface area contributed by atoms with E-state index in [1.54, 1.807) is 12.3 Å². The Labute approximate surface area is 169 Å². The lowest BCUT2D eigenvalue weighted by atomic mass is 10.1. The monoisotopic (exact) mass is 391 g/mol. The van der Waals surface area contributed by atoms with Crippen LogP contribution in [0.5, 0.6) is 0 Å². The number of nitrogens with zero attached hydrogens (tertiary/aromatic N) is 2. The summed E-state index contributed by atoms with van der Waals surface area (Å²) in [6.45, 7) is 4.53. The third-order valence-electron chi connectivity index (χ3n) is 4.75. The average Bonchev–Trinajstić information content (AvgIpc) is 2.70. The van der Waals surface area contributed by atoms with Gasteiger partial charge in [0.2, 0.25) is 5.91 Å². The predicted octanol–water partition coefficient (Wildman–Crippen LogP) is 2.04. The lowest BCUT2D eigenvalue weighted by Gasteiger charge is -2.13. The number of rotatable bonds is 7. The van der Waals surface area contributed by atoms with Crippen molar-refractivity contribution in [3.63, 3.8) is 0 Å². The van der Waals surface area contributed by atoms with E-state index in [2.05, 4.69) is 15.7 Å². The molecule has 3 aromatic rings. The molecule has 2 aromatic heterocycles. The Kier molecular flexibility index (Phi) is 6.29. The normalized spacial score (nSPS) is 10.6. The highest BCUT2D eigenvalue weighted by atomic mass is 16.2. The molecule has 4 N–H and O–H groups in total. The van der Waals surface area contributed by atoms with E-state index in [1.807, 2.05) is 56.3 Å². The lowest BCUT2D eigenvalue weighted by molar-refractivity contribution is -0.120. The molecule has 1 amide bonds. The van der Waals surface area contributed by atoms with E-state index in [1.165, 1.54) is 4.68 Å². The van der Waals surface area contributed by atoms with Gasteiger partial charge in [-0.05, 0) is 42.7 Å². The van der Waals surface area contributed by atoms with E-state index in [-0.39, 0.29) is 17.9 Å². The number of hydrogen-bond donors (Lipinski definition) is 3. The SMILES string of the molecule is Cc1ccn(NCc2ccccc2)c(=O)c1CC(=O)NCc1ccc(N)nc1C.